The highest BCUT2D eigenvalue weighted by Gasteiger charge is 2.18. The number of carbonyl (C=O) groups excluding carboxylic acids is 2. The quantitative estimate of drug-likeness (QED) is 0.712. The summed E-state index contributed by atoms with van der Waals surface area (Å²) in [7, 11) is 0. The van der Waals surface area contributed by atoms with Crippen molar-refractivity contribution in [3.05, 3.63) is 0 Å². The van der Waals surface area contributed by atoms with E-state index in [9.17, 15) is 9.59 Å². The zero-order valence-electron chi connectivity index (χ0n) is 8.41. The van der Waals surface area contributed by atoms with Crippen LogP contribution in [0, 0.1) is 0 Å². The number of rotatable bonds is 4. The summed E-state index contributed by atoms with van der Waals surface area (Å²) < 4.78 is 4.85. The molecule has 0 spiro atoms. The Kier molecular flexibility index (Phi) is 4.22. The van der Waals surface area contributed by atoms with Crippen LogP contribution in [0.25, 0.3) is 0 Å². The first-order valence-corrected chi connectivity index (χ1v) is 4.92. The van der Waals surface area contributed by atoms with E-state index in [1.807, 2.05) is 0 Å². The summed E-state index contributed by atoms with van der Waals surface area (Å²) in [5, 5.41) is 2.71. The van der Waals surface area contributed by atoms with E-state index in [2.05, 4.69) is 5.32 Å². The second kappa shape index (κ2) is 5.47. The van der Waals surface area contributed by atoms with Crippen LogP contribution in [0.5, 0.6) is 0 Å². The maximum absolute atomic E-state index is 11.1. The topological polar surface area (TPSA) is 58.6 Å². The maximum atomic E-state index is 11.1. The highest BCUT2D eigenvalue weighted by Crippen LogP contribution is 2.02. The molecule has 1 aliphatic heterocycles. The van der Waals surface area contributed by atoms with Gasteiger partial charge in [0.2, 0.25) is 5.91 Å². The predicted octanol–water partition coefficient (Wildman–Crippen LogP) is 0.355. The van der Waals surface area contributed by atoms with E-state index in [0.717, 1.165) is 13.0 Å². The fraction of sp³-hybridized carbons (Fsp3) is 0.778. The summed E-state index contributed by atoms with van der Waals surface area (Å²) in [6.07, 6.45) is 1.07. The highest BCUT2D eigenvalue weighted by atomic mass is 16.6. The zero-order chi connectivity index (χ0) is 10.4. The summed E-state index contributed by atoms with van der Waals surface area (Å²) in [4.78, 5) is 23.6. The van der Waals surface area contributed by atoms with Crippen LogP contribution in [0.2, 0.25) is 0 Å². The van der Waals surface area contributed by atoms with Gasteiger partial charge in [-0.1, -0.05) is 6.92 Å². The molecule has 0 atom stereocenters. The van der Waals surface area contributed by atoms with E-state index in [4.69, 9.17) is 4.74 Å². The molecule has 0 aromatic carbocycles. The van der Waals surface area contributed by atoms with E-state index in [1.165, 1.54) is 0 Å². The van der Waals surface area contributed by atoms with Crippen LogP contribution in [-0.2, 0) is 9.53 Å². The van der Waals surface area contributed by atoms with Gasteiger partial charge >= 0.3 is 6.09 Å². The molecule has 0 saturated carbocycles. The lowest BCUT2D eigenvalue weighted by Gasteiger charge is -2.26. The molecule has 1 heterocycles. The van der Waals surface area contributed by atoms with Gasteiger partial charge in [0.25, 0.3) is 0 Å². The van der Waals surface area contributed by atoms with Crippen LogP contribution in [0.3, 0.4) is 0 Å². The molecule has 0 aliphatic carbocycles. The summed E-state index contributed by atoms with van der Waals surface area (Å²) >= 11 is 0. The van der Waals surface area contributed by atoms with E-state index >= 15 is 0 Å². The predicted molar refractivity (Wildman–Crippen MR) is 50.8 cm³/mol. The average Bonchev–Trinajstić information content (AvgIpc) is 2.20. The number of cyclic esters (lactones) is 1. The Morgan fingerprint density at radius 2 is 2.43 bits per heavy atom. The largest absolute Gasteiger partial charge is 0.449 e. The van der Waals surface area contributed by atoms with Crippen LogP contribution in [0.1, 0.15) is 19.8 Å². The monoisotopic (exact) mass is 200 g/mol. The molecule has 2 amide bonds. The SMILES string of the molecule is CCC(=O)NCCN1CCCOC1=O. The maximum Gasteiger partial charge on any atom is 0.409 e. The number of nitrogens with zero attached hydrogens (tertiary/aromatic N) is 1. The van der Waals surface area contributed by atoms with E-state index in [-0.39, 0.29) is 12.0 Å². The Morgan fingerprint density at radius 3 is 3.07 bits per heavy atom. The first-order valence-electron chi connectivity index (χ1n) is 4.92. The number of carbonyl (C=O) groups is 2. The minimum absolute atomic E-state index is 0.00961. The van der Waals surface area contributed by atoms with Crippen molar-refractivity contribution in [3.63, 3.8) is 0 Å². The lowest BCUT2D eigenvalue weighted by molar-refractivity contribution is -0.120. The van der Waals surface area contributed by atoms with Crippen molar-refractivity contribution in [1.29, 1.82) is 0 Å². The van der Waals surface area contributed by atoms with Gasteiger partial charge in [-0.2, -0.15) is 0 Å². The minimum Gasteiger partial charge on any atom is -0.449 e. The van der Waals surface area contributed by atoms with Gasteiger partial charge in [0.15, 0.2) is 0 Å². The molecule has 1 N–H and O–H groups in total. The van der Waals surface area contributed by atoms with Crippen LogP contribution in [0.15, 0.2) is 0 Å². The van der Waals surface area contributed by atoms with Crippen molar-refractivity contribution in [3.8, 4) is 0 Å². The average molecular weight is 200 g/mol. The van der Waals surface area contributed by atoms with Gasteiger partial charge in [0.1, 0.15) is 0 Å². The molecule has 0 unspecified atom stereocenters. The van der Waals surface area contributed by atoms with Crippen molar-refractivity contribution in [1.82, 2.24) is 10.2 Å². The number of hydrogen-bond acceptors (Lipinski definition) is 3. The summed E-state index contributed by atoms with van der Waals surface area (Å²) in [6.45, 7) is 4.06. The Balaban J connectivity index is 2.16. The molecule has 0 bridgehead atoms. The molecule has 14 heavy (non-hydrogen) atoms. The lowest BCUT2D eigenvalue weighted by Crippen LogP contribution is -2.42. The van der Waals surface area contributed by atoms with Crippen LogP contribution < -0.4 is 5.32 Å². The van der Waals surface area contributed by atoms with E-state index in [0.29, 0.717) is 26.1 Å². The number of ether oxygens (including phenoxy) is 1. The van der Waals surface area contributed by atoms with Crippen LogP contribution >= 0.6 is 0 Å². The van der Waals surface area contributed by atoms with Gasteiger partial charge in [-0.25, -0.2) is 4.79 Å². The molecular weight excluding hydrogens is 184 g/mol. The first-order chi connectivity index (χ1) is 6.74. The third kappa shape index (κ3) is 3.24. The molecular formula is C9H16N2O3. The van der Waals surface area contributed by atoms with Crippen molar-refractivity contribution in [2.75, 3.05) is 26.2 Å². The molecule has 1 saturated heterocycles. The molecule has 0 aromatic rings. The summed E-state index contributed by atoms with van der Waals surface area (Å²) in [5.74, 6) is 0.00961. The van der Waals surface area contributed by atoms with Gasteiger partial charge in [0, 0.05) is 26.1 Å². The highest BCUT2D eigenvalue weighted by molar-refractivity contribution is 5.75. The third-order valence-corrected chi connectivity index (χ3v) is 2.08. The van der Waals surface area contributed by atoms with Gasteiger partial charge < -0.3 is 15.0 Å². The standard InChI is InChI=1S/C9H16N2O3/c1-2-8(12)10-4-6-11-5-3-7-14-9(11)13/h2-7H2,1H3,(H,10,12). The fourth-order valence-electron chi connectivity index (χ4n) is 1.26. The summed E-state index contributed by atoms with van der Waals surface area (Å²) in [6, 6.07) is 0. The molecule has 0 radical (unpaired) electrons. The molecule has 80 valence electrons. The second-order valence-corrected chi connectivity index (χ2v) is 3.16. The van der Waals surface area contributed by atoms with Crippen molar-refractivity contribution in [2.24, 2.45) is 0 Å². The third-order valence-electron chi connectivity index (χ3n) is 2.08. The molecule has 1 fully saturated rings. The van der Waals surface area contributed by atoms with Crippen LogP contribution in [0.4, 0.5) is 4.79 Å². The molecule has 1 rings (SSSR count). The lowest BCUT2D eigenvalue weighted by atomic mass is 10.3. The number of amides is 2. The Labute approximate surface area is 83.4 Å². The van der Waals surface area contributed by atoms with Gasteiger partial charge in [-0.15, -0.1) is 0 Å². The second-order valence-electron chi connectivity index (χ2n) is 3.16. The normalized spacial score (nSPS) is 16.4. The van der Waals surface area contributed by atoms with E-state index < -0.39 is 0 Å². The fourth-order valence-corrected chi connectivity index (χ4v) is 1.26. The van der Waals surface area contributed by atoms with E-state index in [1.54, 1.807) is 11.8 Å². The van der Waals surface area contributed by atoms with Gasteiger partial charge in [-0.3, -0.25) is 4.79 Å². The smallest absolute Gasteiger partial charge is 0.409 e. The Bertz CT molecular complexity index is 218. The summed E-state index contributed by atoms with van der Waals surface area (Å²) in [5.41, 5.74) is 0. The minimum atomic E-state index is -0.276. The number of nitrogens with one attached hydrogen (secondary N) is 1. The van der Waals surface area contributed by atoms with Crippen molar-refractivity contribution < 1.29 is 14.3 Å². The molecule has 5 nitrogen and oxygen atoms in total. The van der Waals surface area contributed by atoms with Gasteiger partial charge in [-0.05, 0) is 6.42 Å². The zero-order valence-corrected chi connectivity index (χ0v) is 8.41. The molecule has 5 heteroatoms. The van der Waals surface area contributed by atoms with Crippen molar-refractivity contribution >= 4 is 12.0 Å². The Hall–Kier alpha value is -1.26. The van der Waals surface area contributed by atoms with Crippen molar-refractivity contribution in [2.45, 2.75) is 19.8 Å². The molecule has 1 aliphatic rings. The number of hydrogen-bond donors (Lipinski definition) is 1. The first kappa shape index (κ1) is 10.8. The Morgan fingerprint density at radius 1 is 1.64 bits per heavy atom. The molecule has 0 aromatic heterocycles. The van der Waals surface area contributed by atoms with Gasteiger partial charge in [0.05, 0.1) is 6.61 Å². The van der Waals surface area contributed by atoms with Crippen LogP contribution in [-0.4, -0.2) is 43.1 Å².